The summed E-state index contributed by atoms with van der Waals surface area (Å²) in [6, 6.07) is 21.2. The lowest BCUT2D eigenvalue weighted by molar-refractivity contribution is -0.0194. The van der Waals surface area contributed by atoms with E-state index in [1.807, 2.05) is 12.1 Å². The molecule has 2 atom stereocenters. The Kier molecular flexibility index (Phi) is 5.09. The van der Waals surface area contributed by atoms with E-state index in [-0.39, 0.29) is 18.2 Å². The van der Waals surface area contributed by atoms with Crippen molar-refractivity contribution >= 4 is 5.84 Å². The van der Waals surface area contributed by atoms with Gasteiger partial charge in [-0.2, -0.15) is 0 Å². The minimum atomic E-state index is 0.0805. The maximum atomic E-state index is 6.06. The highest BCUT2D eigenvalue weighted by Crippen LogP contribution is 2.35. The Bertz CT molecular complexity index is 696. The zero-order valence-electron chi connectivity index (χ0n) is 14.3. The van der Waals surface area contributed by atoms with Crippen LogP contribution in [0, 0.1) is 0 Å². The molecule has 1 fully saturated rings. The van der Waals surface area contributed by atoms with Gasteiger partial charge in [-0.3, -0.25) is 4.99 Å². The predicted octanol–water partition coefficient (Wildman–Crippen LogP) is 3.67. The summed E-state index contributed by atoms with van der Waals surface area (Å²) in [5, 5.41) is 3.59. The summed E-state index contributed by atoms with van der Waals surface area (Å²) in [6.07, 6.45) is 2.22. The quantitative estimate of drug-likeness (QED) is 0.906. The van der Waals surface area contributed by atoms with Gasteiger partial charge in [-0.1, -0.05) is 60.7 Å². The number of nitrogens with one attached hydrogen (secondary N) is 1. The van der Waals surface area contributed by atoms with Gasteiger partial charge in [0.1, 0.15) is 18.5 Å². The summed E-state index contributed by atoms with van der Waals surface area (Å²) in [6.45, 7) is 2.13. The van der Waals surface area contributed by atoms with E-state index in [4.69, 9.17) is 14.5 Å². The van der Waals surface area contributed by atoms with Gasteiger partial charge in [-0.15, -0.1) is 0 Å². The Labute approximate surface area is 148 Å². The van der Waals surface area contributed by atoms with Gasteiger partial charge in [-0.05, 0) is 24.0 Å². The molecule has 4 rings (SSSR count). The van der Waals surface area contributed by atoms with Crippen LogP contribution < -0.4 is 5.32 Å². The number of hydrogen-bond acceptors (Lipinski definition) is 4. The first kappa shape index (κ1) is 16.3. The molecule has 4 nitrogen and oxygen atoms in total. The highest BCUT2D eigenvalue weighted by molar-refractivity contribution is 5.86. The predicted molar refractivity (Wildman–Crippen MR) is 98.7 cm³/mol. The topological polar surface area (TPSA) is 42.9 Å². The summed E-state index contributed by atoms with van der Waals surface area (Å²) in [7, 11) is 0. The standard InChI is InChI=1S/C21H24N2O2/c1-3-7-16(8-4-1)20-21(17-9-5-2-6-10-17)23-19(22-20)15-25-18-11-13-24-14-12-18/h1-10,18,20-21H,11-15H2,(H,22,23). The minimum absolute atomic E-state index is 0.0805. The fraction of sp³-hybridized carbons (Fsp3) is 0.381. The van der Waals surface area contributed by atoms with Crippen molar-refractivity contribution in [3.63, 3.8) is 0 Å². The molecular formula is C21H24N2O2. The lowest BCUT2D eigenvalue weighted by Crippen LogP contribution is -2.31. The lowest BCUT2D eigenvalue weighted by atomic mass is 9.95. The van der Waals surface area contributed by atoms with E-state index >= 15 is 0 Å². The van der Waals surface area contributed by atoms with Crippen LogP contribution in [-0.4, -0.2) is 31.8 Å². The summed E-state index contributed by atoms with van der Waals surface area (Å²) >= 11 is 0. The third kappa shape index (κ3) is 3.91. The molecule has 130 valence electrons. The molecule has 2 heterocycles. The molecule has 1 saturated heterocycles. The van der Waals surface area contributed by atoms with Crippen LogP contribution in [-0.2, 0) is 9.47 Å². The van der Waals surface area contributed by atoms with E-state index in [0.29, 0.717) is 6.61 Å². The van der Waals surface area contributed by atoms with Gasteiger partial charge in [0.15, 0.2) is 0 Å². The van der Waals surface area contributed by atoms with Gasteiger partial charge < -0.3 is 14.8 Å². The molecule has 0 spiro atoms. The second-order valence-corrected chi connectivity index (χ2v) is 6.59. The van der Waals surface area contributed by atoms with Crippen LogP contribution in [0.3, 0.4) is 0 Å². The number of rotatable bonds is 5. The molecule has 0 bridgehead atoms. The molecule has 0 saturated carbocycles. The largest absolute Gasteiger partial charge is 0.381 e. The van der Waals surface area contributed by atoms with Gasteiger partial charge in [0.25, 0.3) is 0 Å². The molecular weight excluding hydrogens is 312 g/mol. The number of ether oxygens (including phenoxy) is 2. The normalized spacial score (nSPS) is 23.9. The van der Waals surface area contributed by atoms with E-state index in [9.17, 15) is 0 Å². The zero-order valence-corrected chi connectivity index (χ0v) is 14.3. The van der Waals surface area contributed by atoms with E-state index < -0.39 is 0 Å². The van der Waals surface area contributed by atoms with Crippen molar-refractivity contribution in [1.82, 2.24) is 5.32 Å². The Hall–Kier alpha value is -2.17. The third-order valence-corrected chi connectivity index (χ3v) is 4.86. The lowest BCUT2D eigenvalue weighted by Gasteiger charge is -2.23. The Morgan fingerprint density at radius 3 is 2.24 bits per heavy atom. The first-order chi connectivity index (χ1) is 12.4. The Morgan fingerprint density at radius 1 is 0.920 bits per heavy atom. The number of nitrogens with zero attached hydrogens (tertiary/aromatic N) is 1. The van der Waals surface area contributed by atoms with Gasteiger partial charge in [-0.25, -0.2) is 0 Å². The van der Waals surface area contributed by atoms with Gasteiger partial charge in [0.05, 0.1) is 12.1 Å². The molecule has 0 amide bonds. The molecule has 1 N–H and O–H groups in total. The number of aliphatic imine (C=N–C) groups is 1. The van der Waals surface area contributed by atoms with Crippen LogP contribution in [0.5, 0.6) is 0 Å². The Balaban J connectivity index is 1.50. The van der Waals surface area contributed by atoms with Crippen molar-refractivity contribution < 1.29 is 9.47 Å². The summed E-state index contributed by atoms with van der Waals surface area (Å²) in [4.78, 5) is 4.95. The van der Waals surface area contributed by atoms with E-state index in [0.717, 1.165) is 31.9 Å². The average molecular weight is 336 g/mol. The molecule has 4 heteroatoms. The fourth-order valence-electron chi connectivity index (χ4n) is 3.50. The second-order valence-electron chi connectivity index (χ2n) is 6.59. The van der Waals surface area contributed by atoms with Crippen molar-refractivity contribution in [2.45, 2.75) is 31.0 Å². The SMILES string of the molecule is c1ccc(C2N=C(COC3CCOCC3)NC2c2ccccc2)cc1. The third-order valence-electron chi connectivity index (χ3n) is 4.86. The highest BCUT2D eigenvalue weighted by atomic mass is 16.5. The molecule has 2 unspecified atom stereocenters. The van der Waals surface area contributed by atoms with Crippen molar-refractivity contribution in [3.8, 4) is 0 Å². The van der Waals surface area contributed by atoms with Crippen LogP contribution in [0.4, 0.5) is 0 Å². The van der Waals surface area contributed by atoms with Crippen molar-refractivity contribution in [2.75, 3.05) is 19.8 Å². The first-order valence-electron chi connectivity index (χ1n) is 9.02. The summed E-state index contributed by atoms with van der Waals surface area (Å²) < 4.78 is 11.5. The summed E-state index contributed by atoms with van der Waals surface area (Å²) in [5.41, 5.74) is 2.48. The van der Waals surface area contributed by atoms with Gasteiger partial charge in [0, 0.05) is 13.2 Å². The van der Waals surface area contributed by atoms with E-state index in [1.54, 1.807) is 0 Å². The van der Waals surface area contributed by atoms with Crippen LogP contribution in [0.25, 0.3) is 0 Å². The molecule has 0 aromatic heterocycles. The molecule has 2 aliphatic rings. The number of benzene rings is 2. The average Bonchev–Trinajstić information content (AvgIpc) is 3.13. The molecule has 0 radical (unpaired) electrons. The number of hydrogen-bond donors (Lipinski definition) is 1. The van der Waals surface area contributed by atoms with Crippen molar-refractivity contribution in [1.29, 1.82) is 0 Å². The molecule has 2 aromatic rings. The van der Waals surface area contributed by atoms with Gasteiger partial charge >= 0.3 is 0 Å². The van der Waals surface area contributed by atoms with Crippen molar-refractivity contribution in [3.05, 3.63) is 71.8 Å². The van der Waals surface area contributed by atoms with Gasteiger partial charge in [0.2, 0.25) is 0 Å². The first-order valence-corrected chi connectivity index (χ1v) is 9.02. The highest BCUT2D eigenvalue weighted by Gasteiger charge is 2.31. The summed E-state index contributed by atoms with van der Waals surface area (Å²) in [5.74, 6) is 0.939. The Morgan fingerprint density at radius 2 is 1.56 bits per heavy atom. The zero-order chi connectivity index (χ0) is 16.9. The monoisotopic (exact) mass is 336 g/mol. The molecule has 2 aromatic carbocycles. The number of amidine groups is 1. The maximum absolute atomic E-state index is 6.06. The van der Waals surface area contributed by atoms with Crippen molar-refractivity contribution in [2.24, 2.45) is 4.99 Å². The van der Waals surface area contributed by atoms with Crippen LogP contribution in [0.2, 0.25) is 0 Å². The van der Waals surface area contributed by atoms with E-state index in [2.05, 4.69) is 53.8 Å². The molecule has 0 aliphatic carbocycles. The molecule has 2 aliphatic heterocycles. The second kappa shape index (κ2) is 7.81. The molecule has 25 heavy (non-hydrogen) atoms. The van der Waals surface area contributed by atoms with Crippen LogP contribution >= 0.6 is 0 Å². The van der Waals surface area contributed by atoms with E-state index in [1.165, 1.54) is 11.1 Å². The smallest absolute Gasteiger partial charge is 0.124 e. The van der Waals surface area contributed by atoms with Crippen LogP contribution in [0.1, 0.15) is 36.1 Å². The maximum Gasteiger partial charge on any atom is 0.124 e. The van der Waals surface area contributed by atoms with Crippen LogP contribution in [0.15, 0.2) is 65.7 Å². The fourth-order valence-corrected chi connectivity index (χ4v) is 3.50. The minimum Gasteiger partial charge on any atom is -0.381 e.